The number of carbonyl (C=O) groups is 1. The maximum atomic E-state index is 12.6. The molecule has 1 aliphatic rings. The third kappa shape index (κ3) is 2.58. The van der Waals surface area contributed by atoms with Crippen LogP contribution in [0.2, 0.25) is 0 Å². The molecule has 3 rings (SSSR count). The van der Waals surface area contributed by atoms with Crippen molar-refractivity contribution in [2.45, 2.75) is 19.9 Å². The average molecular weight is 287 g/mol. The molecule has 0 spiro atoms. The fraction of sp³-hybridized carbons (Fsp3) is 0.467. The minimum absolute atomic E-state index is 0.0982. The van der Waals surface area contributed by atoms with E-state index in [4.69, 9.17) is 0 Å². The van der Waals surface area contributed by atoms with Crippen LogP contribution in [0.3, 0.4) is 0 Å². The van der Waals surface area contributed by atoms with E-state index in [1.165, 1.54) is 0 Å². The summed E-state index contributed by atoms with van der Waals surface area (Å²) in [5, 5.41) is 0. The van der Waals surface area contributed by atoms with E-state index in [-0.39, 0.29) is 11.9 Å². The smallest absolute Gasteiger partial charge is 0.255 e. The first kappa shape index (κ1) is 13.9. The number of H-pyrrole nitrogens is 2. The molecule has 2 aromatic rings. The lowest BCUT2D eigenvalue weighted by Crippen LogP contribution is -2.50. The quantitative estimate of drug-likeness (QED) is 0.900. The topological polar surface area (TPSA) is 68.0 Å². The van der Waals surface area contributed by atoms with Crippen LogP contribution >= 0.6 is 0 Å². The summed E-state index contributed by atoms with van der Waals surface area (Å²) in [7, 11) is 0. The number of nitrogens with one attached hydrogen (secondary N) is 2. The van der Waals surface area contributed by atoms with Crippen molar-refractivity contribution in [2.24, 2.45) is 0 Å². The lowest BCUT2D eigenvalue weighted by atomic mass is 10.1. The summed E-state index contributed by atoms with van der Waals surface area (Å²) in [5.74, 6) is 1.03. The van der Waals surface area contributed by atoms with E-state index in [9.17, 15) is 4.79 Å². The third-order valence-electron chi connectivity index (χ3n) is 4.20. The van der Waals surface area contributed by atoms with Crippen LogP contribution in [-0.4, -0.2) is 56.8 Å². The van der Waals surface area contributed by atoms with Crippen molar-refractivity contribution >= 4 is 5.91 Å². The number of carbonyl (C=O) groups excluding carboxylic acids is 1. The van der Waals surface area contributed by atoms with E-state index in [2.05, 4.69) is 26.8 Å². The zero-order valence-electron chi connectivity index (χ0n) is 12.5. The Hall–Kier alpha value is -2.08. The van der Waals surface area contributed by atoms with Crippen molar-refractivity contribution in [1.29, 1.82) is 0 Å². The molecule has 0 aromatic carbocycles. The molecule has 0 saturated carbocycles. The Kier molecular flexibility index (Phi) is 3.79. The van der Waals surface area contributed by atoms with Crippen molar-refractivity contribution < 1.29 is 4.79 Å². The van der Waals surface area contributed by atoms with Gasteiger partial charge in [-0.15, -0.1) is 0 Å². The molecule has 0 bridgehead atoms. The van der Waals surface area contributed by atoms with Gasteiger partial charge in [0.05, 0.1) is 11.6 Å². The Morgan fingerprint density at radius 3 is 2.86 bits per heavy atom. The zero-order valence-corrected chi connectivity index (χ0v) is 12.5. The Balaban J connectivity index is 1.80. The average Bonchev–Trinajstić information content (AvgIpc) is 3.17. The van der Waals surface area contributed by atoms with E-state index in [1.54, 1.807) is 6.20 Å². The van der Waals surface area contributed by atoms with Gasteiger partial charge in [0.2, 0.25) is 0 Å². The number of aromatic nitrogens is 3. The maximum Gasteiger partial charge on any atom is 0.255 e. The second-order valence-corrected chi connectivity index (χ2v) is 5.39. The predicted octanol–water partition coefficient (Wildman–Crippen LogP) is 1.57. The van der Waals surface area contributed by atoms with E-state index < -0.39 is 0 Å². The summed E-state index contributed by atoms with van der Waals surface area (Å²) >= 11 is 0. The molecular weight excluding hydrogens is 266 g/mol. The fourth-order valence-electron chi connectivity index (χ4n) is 2.96. The molecule has 0 unspecified atom stereocenters. The molecule has 6 nitrogen and oxygen atoms in total. The Morgan fingerprint density at radius 1 is 1.38 bits per heavy atom. The minimum Gasteiger partial charge on any atom is -0.365 e. The maximum absolute atomic E-state index is 12.6. The van der Waals surface area contributed by atoms with Crippen LogP contribution in [0.25, 0.3) is 0 Å². The highest BCUT2D eigenvalue weighted by Crippen LogP contribution is 2.24. The first-order chi connectivity index (χ1) is 10.2. The normalized spacial score (nSPS) is 19.9. The first-order valence-electron chi connectivity index (χ1n) is 7.37. The molecule has 112 valence electrons. The van der Waals surface area contributed by atoms with Crippen molar-refractivity contribution in [2.75, 3.05) is 26.2 Å². The van der Waals surface area contributed by atoms with Crippen LogP contribution in [0.5, 0.6) is 0 Å². The van der Waals surface area contributed by atoms with Crippen LogP contribution in [0, 0.1) is 6.92 Å². The molecule has 1 atom stereocenters. The summed E-state index contributed by atoms with van der Waals surface area (Å²) in [4.78, 5) is 27.6. The molecule has 0 aliphatic carbocycles. The third-order valence-corrected chi connectivity index (χ3v) is 4.20. The molecule has 3 heterocycles. The highest BCUT2D eigenvalue weighted by atomic mass is 16.2. The van der Waals surface area contributed by atoms with E-state index >= 15 is 0 Å². The highest BCUT2D eigenvalue weighted by molar-refractivity contribution is 5.95. The van der Waals surface area contributed by atoms with Gasteiger partial charge < -0.3 is 14.9 Å². The number of hydrogen-bond acceptors (Lipinski definition) is 3. The lowest BCUT2D eigenvalue weighted by Gasteiger charge is -2.40. The van der Waals surface area contributed by atoms with Crippen LogP contribution in [0.4, 0.5) is 0 Å². The number of rotatable bonds is 3. The molecule has 1 saturated heterocycles. The number of aryl methyl sites for hydroxylation is 1. The number of nitrogens with zero attached hydrogens (tertiary/aromatic N) is 3. The molecule has 1 fully saturated rings. The van der Waals surface area contributed by atoms with Crippen molar-refractivity contribution in [1.82, 2.24) is 24.8 Å². The molecule has 21 heavy (non-hydrogen) atoms. The van der Waals surface area contributed by atoms with Gasteiger partial charge in [0.25, 0.3) is 5.91 Å². The molecule has 2 aromatic heterocycles. The molecule has 0 radical (unpaired) electrons. The largest absolute Gasteiger partial charge is 0.365 e. The Labute approximate surface area is 124 Å². The van der Waals surface area contributed by atoms with E-state index in [1.807, 2.05) is 30.3 Å². The van der Waals surface area contributed by atoms with Crippen LogP contribution in [0.15, 0.2) is 24.7 Å². The second-order valence-electron chi connectivity index (χ2n) is 5.39. The number of hydrogen-bond donors (Lipinski definition) is 2. The number of aromatic amines is 2. The van der Waals surface area contributed by atoms with Gasteiger partial charge in [-0.2, -0.15) is 0 Å². The molecular formula is C15H21N5O. The van der Waals surface area contributed by atoms with E-state index in [0.717, 1.165) is 36.7 Å². The SMILES string of the molecule is CCN1CCN(C(=O)c2cc[nH]c2C)C[C@H]1c1ncc[nH]1. The lowest BCUT2D eigenvalue weighted by molar-refractivity contribution is 0.0479. The molecule has 1 aliphatic heterocycles. The Bertz CT molecular complexity index is 603. The highest BCUT2D eigenvalue weighted by Gasteiger charge is 2.32. The summed E-state index contributed by atoms with van der Waals surface area (Å²) < 4.78 is 0. The summed E-state index contributed by atoms with van der Waals surface area (Å²) in [5.41, 5.74) is 1.69. The van der Waals surface area contributed by atoms with Crippen LogP contribution in [0.1, 0.15) is 34.8 Å². The zero-order chi connectivity index (χ0) is 14.8. The summed E-state index contributed by atoms with van der Waals surface area (Å²) in [6.45, 7) is 7.33. The van der Waals surface area contributed by atoms with Gasteiger partial charge in [0, 0.05) is 43.9 Å². The summed E-state index contributed by atoms with van der Waals surface area (Å²) in [6, 6.07) is 1.99. The first-order valence-corrected chi connectivity index (χ1v) is 7.37. The van der Waals surface area contributed by atoms with Crippen LogP contribution < -0.4 is 0 Å². The standard InChI is InChI=1S/C15H21N5O/c1-3-19-8-9-20(10-13(19)14-17-6-7-18-14)15(21)12-4-5-16-11(12)2/h4-7,13,16H,3,8-10H2,1-2H3,(H,17,18)/t13-/m0/s1. The van der Waals surface area contributed by atoms with Gasteiger partial charge in [0.1, 0.15) is 5.82 Å². The monoisotopic (exact) mass is 287 g/mol. The number of amides is 1. The fourth-order valence-corrected chi connectivity index (χ4v) is 2.96. The summed E-state index contributed by atoms with van der Waals surface area (Å²) in [6.07, 6.45) is 5.41. The van der Waals surface area contributed by atoms with Gasteiger partial charge in [0.15, 0.2) is 0 Å². The van der Waals surface area contributed by atoms with Gasteiger partial charge in [-0.25, -0.2) is 4.98 Å². The number of likely N-dealkylation sites (N-methyl/N-ethyl adjacent to an activating group) is 1. The van der Waals surface area contributed by atoms with Gasteiger partial charge >= 0.3 is 0 Å². The second kappa shape index (κ2) is 5.73. The van der Waals surface area contributed by atoms with Gasteiger partial charge in [-0.05, 0) is 19.5 Å². The number of piperazine rings is 1. The number of imidazole rings is 1. The molecule has 6 heteroatoms. The Morgan fingerprint density at radius 2 is 2.24 bits per heavy atom. The van der Waals surface area contributed by atoms with E-state index in [0.29, 0.717) is 6.54 Å². The minimum atomic E-state index is 0.0982. The van der Waals surface area contributed by atoms with Gasteiger partial charge in [-0.3, -0.25) is 9.69 Å². The van der Waals surface area contributed by atoms with Crippen molar-refractivity contribution in [3.05, 3.63) is 41.7 Å². The van der Waals surface area contributed by atoms with Crippen molar-refractivity contribution in [3.8, 4) is 0 Å². The molecule has 1 amide bonds. The predicted molar refractivity (Wildman–Crippen MR) is 80.0 cm³/mol. The van der Waals surface area contributed by atoms with Crippen molar-refractivity contribution in [3.63, 3.8) is 0 Å². The molecule has 2 N–H and O–H groups in total. The van der Waals surface area contributed by atoms with Crippen LogP contribution in [-0.2, 0) is 0 Å². The van der Waals surface area contributed by atoms with Gasteiger partial charge in [-0.1, -0.05) is 6.92 Å².